The third kappa shape index (κ3) is 2.44. The van der Waals surface area contributed by atoms with Gasteiger partial charge >= 0.3 is 0 Å². The summed E-state index contributed by atoms with van der Waals surface area (Å²) in [7, 11) is 1.64. The number of rotatable bonds is 4. The van der Waals surface area contributed by atoms with Gasteiger partial charge in [0.25, 0.3) is 0 Å². The van der Waals surface area contributed by atoms with Crippen LogP contribution in [0.4, 0.5) is 0 Å². The van der Waals surface area contributed by atoms with Crippen LogP contribution >= 0.6 is 11.3 Å². The van der Waals surface area contributed by atoms with Crippen molar-refractivity contribution >= 4 is 16.3 Å². The van der Waals surface area contributed by atoms with Crippen molar-refractivity contribution in [3.8, 4) is 27.8 Å². The van der Waals surface area contributed by atoms with Crippen molar-refractivity contribution in [3.63, 3.8) is 0 Å². The number of benzene rings is 1. The fourth-order valence-corrected chi connectivity index (χ4v) is 3.20. The fraction of sp³-hybridized carbons (Fsp3) is 0.250. The predicted octanol–water partition coefficient (Wildman–Crippen LogP) is 3.37. The average Bonchev–Trinajstić information content (AvgIpc) is 3.29. The Balaban J connectivity index is 1.77. The molecule has 0 saturated heterocycles. The highest BCUT2D eigenvalue weighted by molar-refractivity contribution is 7.19. The van der Waals surface area contributed by atoms with E-state index >= 15 is 0 Å². The summed E-state index contributed by atoms with van der Waals surface area (Å²) in [6.07, 6.45) is 0. The van der Waals surface area contributed by atoms with Gasteiger partial charge in [-0.3, -0.25) is 5.10 Å². The highest BCUT2D eigenvalue weighted by atomic mass is 32.1. The minimum absolute atomic E-state index is 0.393. The molecule has 1 N–H and O–H groups in total. The molecule has 122 valence electrons. The topological polar surface area (TPSA) is 81.0 Å². The SMILES string of the molecule is COc1cccc(-c2nnc3sc(-c4cc(C(C)C)[nH]n4)nn23)c1. The molecule has 0 unspecified atom stereocenters. The van der Waals surface area contributed by atoms with Gasteiger partial charge in [-0.2, -0.15) is 14.7 Å². The lowest BCUT2D eigenvalue weighted by atomic mass is 10.1. The van der Waals surface area contributed by atoms with Crippen molar-refractivity contribution in [2.45, 2.75) is 19.8 Å². The monoisotopic (exact) mass is 340 g/mol. The van der Waals surface area contributed by atoms with Crippen LogP contribution in [0.5, 0.6) is 5.75 Å². The van der Waals surface area contributed by atoms with E-state index in [2.05, 4.69) is 39.3 Å². The maximum atomic E-state index is 5.28. The van der Waals surface area contributed by atoms with E-state index in [1.165, 1.54) is 11.3 Å². The summed E-state index contributed by atoms with van der Waals surface area (Å²) in [5.41, 5.74) is 2.82. The van der Waals surface area contributed by atoms with Crippen LogP contribution in [0.15, 0.2) is 30.3 Å². The first-order chi connectivity index (χ1) is 11.7. The quantitative estimate of drug-likeness (QED) is 0.616. The van der Waals surface area contributed by atoms with Crippen LogP contribution < -0.4 is 4.74 Å². The van der Waals surface area contributed by atoms with Crippen LogP contribution in [-0.2, 0) is 0 Å². The number of nitrogens with one attached hydrogen (secondary N) is 1. The predicted molar refractivity (Wildman–Crippen MR) is 92.3 cm³/mol. The molecular formula is C16H16N6OS. The number of ether oxygens (including phenoxy) is 1. The third-order valence-electron chi connectivity index (χ3n) is 3.76. The second-order valence-corrected chi connectivity index (χ2v) is 6.68. The van der Waals surface area contributed by atoms with E-state index in [-0.39, 0.29) is 0 Å². The molecule has 0 amide bonds. The Morgan fingerprint density at radius 2 is 2.08 bits per heavy atom. The first-order valence-corrected chi connectivity index (χ1v) is 8.39. The van der Waals surface area contributed by atoms with E-state index in [0.29, 0.717) is 11.7 Å². The largest absolute Gasteiger partial charge is 0.497 e. The number of methoxy groups -OCH3 is 1. The smallest absolute Gasteiger partial charge is 0.235 e. The van der Waals surface area contributed by atoms with Gasteiger partial charge in [0, 0.05) is 11.3 Å². The average molecular weight is 340 g/mol. The molecule has 0 spiro atoms. The number of nitrogens with zero attached hydrogens (tertiary/aromatic N) is 5. The lowest BCUT2D eigenvalue weighted by molar-refractivity contribution is 0.415. The first kappa shape index (κ1) is 14.8. The maximum absolute atomic E-state index is 5.28. The van der Waals surface area contributed by atoms with Crippen molar-refractivity contribution in [3.05, 3.63) is 36.0 Å². The summed E-state index contributed by atoms with van der Waals surface area (Å²) in [5.74, 6) is 1.85. The van der Waals surface area contributed by atoms with Gasteiger partial charge in [0.05, 0.1) is 7.11 Å². The Bertz CT molecular complexity index is 999. The van der Waals surface area contributed by atoms with Gasteiger partial charge in [0.1, 0.15) is 11.4 Å². The molecule has 3 aromatic heterocycles. The Kier molecular flexibility index (Phi) is 3.53. The second-order valence-electron chi connectivity index (χ2n) is 5.72. The number of H-pyrrole nitrogens is 1. The molecule has 0 atom stereocenters. The third-order valence-corrected chi connectivity index (χ3v) is 4.68. The number of fused-ring (bicyclic) bond motifs is 1. The molecule has 0 aliphatic heterocycles. The van der Waals surface area contributed by atoms with Crippen LogP contribution in [0.25, 0.3) is 27.1 Å². The zero-order valence-corrected chi connectivity index (χ0v) is 14.3. The summed E-state index contributed by atoms with van der Waals surface area (Å²) < 4.78 is 7.02. The first-order valence-electron chi connectivity index (χ1n) is 7.58. The van der Waals surface area contributed by atoms with Crippen LogP contribution in [-0.4, -0.2) is 37.1 Å². The number of aromatic amines is 1. The summed E-state index contributed by atoms with van der Waals surface area (Å²) in [6.45, 7) is 4.24. The summed E-state index contributed by atoms with van der Waals surface area (Å²) in [4.78, 5) is 0.733. The summed E-state index contributed by atoms with van der Waals surface area (Å²) in [6, 6.07) is 9.72. The molecule has 3 heterocycles. The van der Waals surface area contributed by atoms with Gasteiger partial charge in [0.2, 0.25) is 4.96 Å². The molecule has 8 heteroatoms. The normalized spacial score (nSPS) is 11.5. The standard InChI is InChI=1S/C16H16N6OS/c1-9(2)12-8-13(18-17-12)15-21-22-14(19-20-16(22)24-15)10-5-4-6-11(7-10)23-3/h4-9H,1-3H3,(H,17,18). The van der Waals surface area contributed by atoms with Gasteiger partial charge in [-0.05, 0) is 24.1 Å². The molecule has 0 bridgehead atoms. The molecule has 1 aromatic carbocycles. The van der Waals surface area contributed by atoms with E-state index in [1.54, 1.807) is 11.6 Å². The fourth-order valence-electron chi connectivity index (χ4n) is 2.40. The Morgan fingerprint density at radius 3 is 2.83 bits per heavy atom. The van der Waals surface area contributed by atoms with Crippen molar-refractivity contribution < 1.29 is 4.74 Å². The zero-order valence-electron chi connectivity index (χ0n) is 13.5. The molecular weight excluding hydrogens is 324 g/mol. The summed E-state index contributed by atoms with van der Waals surface area (Å²) >= 11 is 1.47. The van der Waals surface area contributed by atoms with Crippen LogP contribution in [0.1, 0.15) is 25.5 Å². The van der Waals surface area contributed by atoms with E-state index in [4.69, 9.17) is 4.74 Å². The molecule has 4 rings (SSSR count). The second kappa shape index (κ2) is 5.72. The van der Waals surface area contributed by atoms with Gasteiger partial charge in [-0.25, -0.2) is 0 Å². The lowest BCUT2D eigenvalue weighted by Gasteiger charge is -2.01. The van der Waals surface area contributed by atoms with Crippen LogP contribution in [0.3, 0.4) is 0 Å². The molecule has 0 saturated carbocycles. The van der Waals surface area contributed by atoms with Crippen molar-refractivity contribution in [1.29, 1.82) is 0 Å². The van der Waals surface area contributed by atoms with Gasteiger partial charge in [-0.15, -0.1) is 10.2 Å². The van der Waals surface area contributed by atoms with Gasteiger partial charge < -0.3 is 4.74 Å². The zero-order chi connectivity index (χ0) is 16.7. The van der Waals surface area contributed by atoms with Crippen molar-refractivity contribution in [1.82, 2.24) is 30.0 Å². The molecule has 7 nitrogen and oxygen atoms in total. The minimum atomic E-state index is 0.393. The molecule has 0 aliphatic rings. The lowest BCUT2D eigenvalue weighted by Crippen LogP contribution is -1.92. The Labute approximate surface area is 142 Å². The molecule has 0 radical (unpaired) electrons. The molecule has 4 aromatic rings. The van der Waals surface area contributed by atoms with E-state index in [1.807, 2.05) is 30.3 Å². The Morgan fingerprint density at radius 1 is 1.21 bits per heavy atom. The highest BCUT2D eigenvalue weighted by Gasteiger charge is 2.17. The van der Waals surface area contributed by atoms with Gasteiger partial charge in [0.15, 0.2) is 10.8 Å². The van der Waals surface area contributed by atoms with Crippen molar-refractivity contribution in [2.24, 2.45) is 0 Å². The van der Waals surface area contributed by atoms with E-state index in [9.17, 15) is 0 Å². The Hall–Kier alpha value is -2.74. The highest BCUT2D eigenvalue weighted by Crippen LogP contribution is 2.29. The molecule has 24 heavy (non-hydrogen) atoms. The molecule has 0 fully saturated rings. The summed E-state index contributed by atoms with van der Waals surface area (Å²) in [5, 5.41) is 21.3. The minimum Gasteiger partial charge on any atom is -0.497 e. The van der Waals surface area contributed by atoms with E-state index < -0.39 is 0 Å². The number of hydrogen-bond donors (Lipinski definition) is 1. The maximum Gasteiger partial charge on any atom is 0.235 e. The van der Waals surface area contributed by atoms with Crippen LogP contribution in [0, 0.1) is 0 Å². The van der Waals surface area contributed by atoms with Gasteiger partial charge in [-0.1, -0.05) is 37.3 Å². The molecule has 0 aliphatic carbocycles. The van der Waals surface area contributed by atoms with Crippen molar-refractivity contribution in [2.75, 3.05) is 7.11 Å². The number of hydrogen-bond acceptors (Lipinski definition) is 6. The van der Waals surface area contributed by atoms with E-state index in [0.717, 1.165) is 32.7 Å². The number of aromatic nitrogens is 6. The van der Waals surface area contributed by atoms with Crippen LogP contribution in [0.2, 0.25) is 0 Å².